The van der Waals surface area contributed by atoms with Crippen molar-refractivity contribution in [2.24, 2.45) is 5.92 Å². The zero-order valence-corrected chi connectivity index (χ0v) is 61.0. The molecule has 0 aliphatic heterocycles. The number of rotatable bonds is 71. The summed E-state index contributed by atoms with van der Waals surface area (Å²) in [6.45, 7) is 7.21. The van der Waals surface area contributed by atoms with Crippen molar-refractivity contribution >= 4 is 39.5 Å². The molecule has 0 saturated carbocycles. The van der Waals surface area contributed by atoms with Crippen LogP contribution in [0.1, 0.15) is 356 Å². The van der Waals surface area contributed by atoms with Gasteiger partial charge in [0.2, 0.25) is 0 Å². The average molecular weight is 1350 g/mol. The number of carbonyl (C=O) groups is 4. The molecule has 0 saturated heterocycles. The van der Waals surface area contributed by atoms with Gasteiger partial charge in [-0.05, 0) is 57.3 Å². The maximum Gasteiger partial charge on any atom is 0.472 e. The Bertz CT molecular complexity index is 1870. The van der Waals surface area contributed by atoms with Crippen molar-refractivity contribution in [2.45, 2.75) is 374 Å². The molecule has 0 aliphatic rings. The van der Waals surface area contributed by atoms with Crippen LogP contribution in [0.25, 0.3) is 0 Å². The Morgan fingerprint density at radius 3 is 0.924 bits per heavy atom. The summed E-state index contributed by atoms with van der Waals surface area (Å²) in [5.41, 5.74) is 0. The van der Waals surface area contributed by atoms with Crippen molar-refractivity contribution in [3.8, 4) is 0 Å². The molecule has 0 spiro atoms. The van der Waals surface area contributed by atoms with Gasteiger partial charge in [-0.25, -0.2) is 9.13 Å². The van der Waals surface area contributed by atoms with E-state index in [1.54, 1.807) is 0 Å². The Balaban J connectivity index is 5.24. The third kappa shape index (κ3) is 64.9. The predicted octanol–water partition coefficient (Wildman–Crippen LogP) is 20.9. The average Bonchev–Trinajstić information content (AvgIpc) is 1.66. The van der Waals surface area contributed by atoms with Crippen LogP contribution in [0.3, 0.4) is 0 Å². The van der Waals surface area contributed by atoms with E-state index < -0.39 is 97.5 Å². The number of allylic oxidation sites excluding steroid dienone is 4. The van der Waals surface area contributed by atoms with Gasteiger partial charge < -0.3 is 33.8 Å². The van der Waals surface area contributed by atoms with Crippen molar-refractivity contribution in [3.63, 3.8) is 0 Å². The van der Waals surface area contributed by atoms with Crippen LogP contribution in [0.2, 0.25) is 0 Å². The fraction of sp³-hybridized carbons (Fsp3) is 0.890. The minimum absolute atomic E-state index is 0.101. The smallest absolute Gasteiger partial charge is 0.462 e. The van der Waals surface area contributed by atoms with E-state index in [2.05, 4.69) is 58.9 Å². The van der Waals surface area contributed by atoms with Gasteiger partial charge in [-0.3, -0.25) is 37.3 Å². The van der Waals surface area contributed by atoms with Crippen LogP contribution in [0.15, 0.2) is 24.3 Å². The topological polar surface area (TPSA) is 237 Å². The first kappa shape index (κ1) is 89.5. The van der Waals surface area contributed by atoms with Gasteiger partial charge >= 0.3 is 39.5 Å². The number of phosphoric acid groups is 2. The summed E-state index contributed by atoms with van der Waals surface area (Å²) in [4.78, 5) is 72.5. The van der Waals surface area contributed by atoms with E-state index in [1.807, 2.05) is 0 Å². The van der Waals surface area contributed by atoms with Gasteiger partial charge in [0.1, 0.15) is 19.3 Å². The summed E-state index contributed by atoms with van der Waals surface area (Å²) in [5, 5.41) is 10.6. The van der Waals surface area contributed by atoms with Gasteiger partial charge in [-0.2, -0.15) is 0 Å². The Morgan fingerprint density at radius 1 is 0.348 bits per heavy atom. The Morgan fingerprint density at radius 2 is 0.609 bits per heavy atom. The van der Waals surface area contributed by atoms with Crippen molar-refractivity contribution in [1.82, 2.24) is 0 Å². The molecular formula is C73H138O17P2. The van der Waals surface area contributed by atoms with E-state index in [-0.39, 0.29) is 25.7 Å². The number of carbonyl (C=O) groups excluding carboxylic acids is 4. The van der Waals surface area contributed by atoms with Crippen molar-refractivity contribution < 1.29 is 80.2 Å². The SMILES string of the molecule is CCCCCC/C=C\C=C/CCCCCCCC(=O)OC[C@H](COP(=O)(O)OC[C@@H](O)COP(=O)(O)OC[C@@H](COC(=O)CCCCCCCCC)OC(=O)CCCCCCCCCCCCCC)OC(=O)CCCCCCCCCCCCCCCCC(C)CC. The van der Waals surface area contributed by atoms with Crippen LogP contribution in [-0.2, 0) is 65.4 Å². The number of hydrogen-bond acceptors (Lipinski definition) is 15. The molecule has 0 rings (SSSR count). The quantitative estimate of drug-likeness (QED) is 0.0169. The van der Waals surface area contributed by atoms with Gasteiger partial charge in [-0.15, -0.1) is 0 Å². The highest BCUT2D eigenvalue weighted by Crippen LogP contribution is 2.45. The molecule has 3 unspecified atom stereocenters. The molecule has 19 heteroatoms. The van der Waals surface area contributed by atoms with Crippen molar-refractivity contribution in [3.05, 3.63) is 24.3 Å². The summed E-state index contributed by atoms with van der Waals surface area (Å²) < 4.78 is 68.2. The molecule has 17 nitrogen and oxygen atoms in total. The van der Waals surface area contributed by atoms with E-state index in [0.717, 1.165) is 128 Å². The number of aliphatic hydroxyl groups is 1. The Kier molecular flexibility index (Phi) is 64.0. The number of aliphatic hydroxyl groups excluding tert-OH is 1. The molecule has 0 aromatic heterocycles. The van der Waals surface area contributed by atoms with Gasteiger partial charge in [0.05, 0.1) is 26.4 Å². The molecule has 0 radical (unpaired) electrons. The summed E-state index contributed by atoms with van der Waals surface area (Å²) >= 11 is 0. The van der Waals surface area contributed by atoms with E-state index in [1.165, 1.54) is 148 Å². The lowest BCUT2D eigenvalue weighted by molar-refractivity contribution is -0.161. The minimum atomic E-state index is -4.96. The summed E-state index contributed by atoms with van der Waals surface area (Å²) in [5.74, 6) is -1.31. The van der Waals surface area contributed by atoms with E-state index in [9.17, 15) is 43.2 Å². The summed E-state index contributed by atoms with van der Waals surface area (Å²) in [6, 6.07) is 0. The van der Waals surface area contributed by atoms with Crippen LogP contribution >= 0.6 is 15.6 Å². The van der Waals surface area contributed by atoms with Crippen LogP contribution < -0.4 is 0 Å². The molecule has 0 fully saturated rings. The first-order chi connectivity index (χ1) is 44.6. The van der Waals surface area contributed by atoms with Crippen LogP contribution in [0, 0.1) is 5.92 Å². The number of phosphoric ester groups is 2. The molecule has 0 bridgehead atoms. The highest BCUT2D eigenvalue weighted by molar-refractivity contribution is 7.47. The third-order valence-electron chi connectivity index (χ3n) is 16.8. The van der Waals surface area contributed by atoms with Gasteiger partial charge in [-0.1, -0.05) is 303 Å². The fourth-order valence-corrected chi connectivity index (χ4v) is 12.2. The van der Waals surface area contributed by atoms with Gasteiger partial charge in [0, 0.05) is 25.7 Å². The molecule has 92 heavy (non-hydrogen) atoms. The molecule has 542 valence electrons. The predicted molar refractivity (Wildman–Crippen MR) is 372 cm³/mol. The lowest BCUT2D eigenvalue weighted by Gasteiger charge is -2.21. The normalized spacial score (nSPS) is 14.5. The lowest BCUT2D eigenvalue weighted by Crippen LogP contribution is -2.30. The standard InChI is InChI=1S/C73H138O17P2/c1-6-10-13-16-19-21-23-25-26-30-34-37-42-47-52-57-71(76)84-63-69(90-73(78)59-54-49-44-39-35-31-28-27-29-32-36-41-45-50-55-66(5)9-4)65-88-92(81,82)86-61-67(74)60-85-91(79,80)87-64-68(62-83-70(75)56-51-46-40-18-15-12-8-3)89-72(77)58-53-48-43-38-33-24-22-20-17-14-11-7-2/h21,23,25-26,66-69,74H,6-20,22,24,27-65H2,1-5H3,(H,79,80)(H,81,82)/b23-21-,26-25-/t66?,67-,68+,69+/m0/s1. The molecule has 0 aromatic rings. The molecule has 0 aromatic carbocycles. The fourth-order valence-electron chi connectivity index (χ4n) is 10.6. The summed E-state index contributed by atoms with van der Waals surface area (Å²) in [7, 11) is -9.91. The van der Waals surface area contributed by atoms with Crippen LogP contribution in [0.5, 0.6) is 0 Å². The van der Waals surface area contributed by atoms with Crippen molar-refractivity contribution in [1.29, 1.82) is 0 Å². The molecule has 6 atom stereocenters. The molecule has 0 heterocycles. The first-order valence-electron chi connectivity index (χ1n) is 37.5. The molecular weight excluding hydrogens is 1210 g/mol. The zero-order chi connectivity index (χ0) is 67.7. The summed E-state index contributed by atoms with van der Waals surface area (Å²) in [6.07, 6.45) is 56.3. The Hall–Kier alpha value is -2.46. The molecule has 0 aliphatic carbocycles. The largest absolute Gasteiger partial charge is 0.472 e. The van der Waals surface area contributed by atoms with E-state index >= 15 is 0 Å². The van der Waals surface area contributed by atoms with E-state index in [4.69, 9.17) is 37.0 Å². The Labute approximate surface area is 561 Å². The molecule has 3 N–H and O–H groups in total. The monoisotopic (exact) mass is 1350 g/mol. The van der Waals surface area contributed by atoms with Crippen LogP contribution in [-0.4, -0.2) is 96.7 Å². The van der Waals surface area contributed by atoms with Crippen LogP contribution in [0.4, 0.5) is 0 Å². The number of hydrogen-bond donors (Lipinski definition) is 3. The number of unbranched alkanes of at least 4 members (excludes halogenated alkanes) is 39. The number of esters is 4. The first-order valence-corrected chi connectivity index (χ1v) is 40.5. The van der Waals surface area contributed by atoms with Gasteiger partial charge in [0.25, 0.3) is 0 Å². The lowest BCUT2D eigenvalue weighted by atomic mass is 9.99. The second-order valence-electron chi connectivity index (χ2n) is 25.9. The second-order valence-corrected chi connectivity index (χ2v) is 28.8. The highest BCUT2D eigenvalue weighted by atomic mass is 31.2. The third-order valence-corrected chi connectivity index (χ3v) is 18.7. The number of ether oxygens (including phenoxy) is 4. The highest BCUT2D eigenvalue weighted by Gasteiger charge is 2.30. The maximum absolute atomic E-state index is 13.0. The maximum atomic E-state index is 13.0. The molecule has 0 amide bonds. The van der Waals surface area contributed by atoms with Crippen molar-refractivity contribution in [2.75, 3.05) is 39.6 Å². The van der Waals surface area contributed by atoms with Gasteiger partial charge in [0.15, 0.2) is 12.2 Å². The second kappa shape index (κ2) is 65.8. The van der Waals surface area contributed by atoms with E-state index in [0.29, 0.717) is 25.7 Å². The minimum Gasteiger partial charge on any atom is -0.462 e. The zero-order valence-electron chi connectivity index (χ0n) is 59.2.